The van der Waals surface area contributed by atoms with Crippen molar-refractivity contribution in [2.45, 2.75) is 139 Å². The van der Waals surface area contributed by atoms with Gasteiger partial charge in [0.15, 0.2) is 5.78 Å². The summed E-state index contributed by atoms with van der Waals surface area (Å²) in [6, 6.07) is 6.02. The number of rotatable bonds is 8. The molecule has 5 fully saturated rings. The summed E-state index contributed by atoms with van der Waals surface area (Å²) in [6.45, 7) is 18.5. The van der Waals surface area contributed by atoms with Crippen LogP contribution >= 0.6 is 0 Å². The lowest BCUT2D eigenvalue weighted by atomic mass is 9.27. The van der Waals surface area contributed by atoms with Gasteiger partial charge in [-0.25, -0.2) is 4.98 Å². The minimum atomic E-state index is -0.833. The maximum Gasteiger partial charge on any atom is 0.309 e. The number of H-pyrrole nitrogens is 1. The van der Waals surface area contributed by atoms with Gasteiger partial charge in [0.25, 0.3) is 0 Å². The predicted molar refractivity (Wildman–Crippen MR) is 217 cm³/mol. The maximum absolute atomic E-state index is 14.1. The third-order valence-corrected chi connectivity index (χ3v) is 19.0. The number of Topliss-reactive ketones (excluding diaryl/α,β-unsaturated/α-hetero) is 1. The molecule has 0 aliphatic heterocycles. The Morgan fingerprint density at radius 2 is 1.68 bits per heavy atom. The molecule has 0 saturated heterocycles. The van der Waals surface area contributed by atoms with Crippen molar-refractivity contribution in [2.24, 2.45) is 67.5 Å². The van der Waals surface area contributed by atoms with Crippen molar-refractivity contribution in [3.8, 4) is 0 Å². The van der Waals surface area contributed by atoms with Gasteiger partial charge in [-0.2, -0.15) is 0 Å². The van der Waals surface area contributed by atoms with E-state index < -0.39 is 28.6 Å². The van der Waals surface area contributed by atoms with Gasteiger partial charge in [0.05, 0.1) is 29.2 Å². The monoisotopic (exact) mass is 777 g/mol. The number of aromatic nitrogens is 2. The molecule has 9 nitrogen and oxygen atoms in total. The molecule has 3 N–H and O–H groups in total. The fourth-order valence-corrected chi connectivity index (χ4v) is 15.4. The minimum absolute atomic E-state index is 0.0128. The summed E-state index contributed by atoms with van der Waals surface area (Å²) in [4.78, 5) is 61.1. The Morgan fingerprint density at radius 3 is 2.37 bits per heavy atom. The number of ketones is 1. The van der Waals surface area contributed by atoms with Crippen LogP contribution in [0.3, 0.4) is 0 Å². The summed E-state index contributed by atoms with van der Waals surface area (Å²) in [7, 11) is 0. The molecule has 1 heterocycles. The molecule has 306 valence electrons. The van der Waals surface area contributed by atoms with Crippen LogP contribution in [0.2, 0.25) is 0 Å². The number of hydrogen-bond donors (Lipinski definition) is 3. The lowest BCUT2D eigenvalue weighted by Crippen LogP contribution is -2.72. The first kappa shape index (κ1) is 38.8. The Morgan fingerprint density at radius 1 is 0.930 bits per heavy atom. The van der Waals surface area contributed by atoms with Crippen LogP contribution in [-0.2, 0) is 30.5 Å². The number of nitrogens with zero attached hydrogens (tertiary/aromatic N) is 1. The molecule has 0 radical (unpaired) electrons. The Hall–Kier alpha value is -3.75. The number of carboxylic acid groups (broad SMARTS) is 1. The van der Waals surface area contributed by atoms with Crippen LogP contribution in [0.4, 0.5) is 0 Å². The number of amides is 1. The number of esters is 1. The largest absolute Gasteiger partial charge is 0.481 e. The molecule has 1 aromatic carbocycles. The smallest absolute Gasteiger partial charge is 0.309 e. The van der Waals surface area contributed by atoms with Gasteiger partial charge in [-0.05, 0) is 120 Å². The molecule has 9 rings (SSSR count). The van der Waals surface area contributed by atoms with Crippen molar-refractivity contribution < 1.29 is 29.0 Å². The molecule has 57 heavy (non-hydrogen) atoms. The summed E-state index contributed by atoms with van der Waals surface area (Å²) < 4.78 is 6.48. The van der Waals surface area contributed by atoms with E-state index in [0.29, 0.717) is 31.7 Å². The number of hydrogen-bond acceptors (Lipinski definition) is 6. The van der Waals surface area contributed by atoms with Crippen molar-refractivity contribution in [3.63, 3.8) is 0 Å². The molecule has 1 spiro atoms. The molecule has 0 unspecified atom stereocenters. The van der Waals surface area contributed by atoms with Crippen molar-refractivity contribution >= 4 is 34.7 Å². The Kier molecular flexibility index (Phi) is 8.42. The second kappa shape index (κ2) is 12.4. The lowest BCUT2D eigenvalue weighted by Gasteiger charge is -2.77. The normalized spacial score (nSPS) is 42.5. The molecule has 11 atom stereocenters. The highest BCUT2D eigenvalue weighted by atomic mass is 16.5. The van der Waals surface area contributed by atoms with Gasteiger partial charge in [-0.15, -0.1) is 0 Å². The zero-order chi connectivity index (χ0) is 40.7. The van der Waals surface area contributed by atoms with Gasteiger partial charge in [0, 0.05) is 35.6 Å². The van der Waals surface area contributed by atoms with E-state index in [0.717, 1.165) is 73.5 Å². The van der Waals surface area contributed by atoms with Crippen LogP contribution in [-0.4, -0.2) is 44.8 Å². The topological polar surface area (TPSA) is 138 Å². The van der Waals surface area contributed by atoms with Gasteiger partial charge < -0.3 is 20.1 Å². The number of imidazole rings is 1. The standard InChI is InChI=1S/C48H63N3O6/c1-27(2)38-34(52)23-47(24-37(53)49-25-28-9-11-32-33(21-28)51-26-50-32)18-15-43(5)29(39(38)47)10-12-35-44(43,6)16-19-48-20-17-46(48,8)36(13-14-45(35,48)7)57-41(56)31-22-30(40(54)55)42(31,3)4/h9,11,17,20-21,26-27,29-31,35-36H,10,12-16,18-19,22-25H2,1-8H3,(H,49,53)(H,50,51)(H,54,55)/t29-,30+,31-,35+,36+,43-,44-,45-,46-,47+,48+/m1/s1. The Labute approximate surface area is 337 Å². The third kappa shape index (κ3) is 4.95. The highest BCUT2D eigenvalue weighted by molar-refractivity contribution is 6.01. The van der Waals surface area contributed by atoms with Crippen molar-refractivity contribution in [2.75, 3.05) is 0 Å². The first-order chi connectivity index (χ1) is 26.8. The molecular formula is C48H63N3O6. The zero-order valence-electron chi connectivity index (χ0n) is 35.3. The van der Waals surface area contributed by atoms with Gasteiger partial charge in [-0.1, -0.05) is 79.2 Å². The number of fused-ring (bicyclic) bond motifs is 7. The van der Waals surface area contributed by atoms with Crippen LogP contribution in [0.25, 0.3) is 11.0 Å². The van der Waals surface area contributed by atoms with Crippen LogP contribution in [0.1, 0.15) is 132 Å². The maximum atomic E-state index is 14.1. The highest BCUT2D eigenvalue weighted by Gasteiger charge is 2.76. The summed E-state index contributed by atoms with van der Waals surface area (Å²) >= 11 is 0. The van der Waals surface area contributed by atoms with E-state index >= 15 is 0 Å². The SMILES string of the molecule is CC(C)C1=C2[C@H]3CC[C@@H]4[C@@]5(C)CC[C@H](OC(=O)[C@H]6C[C@@H](C(=O)O)C6(C)C)[C@@]6(C)C=C[C@]65CC[C@@]4(C)[C@]3(C)CC[C@@]2(CC(=O)NCc2ccc3nc[nH]c3c2)CC1=O. The summed E-state index contributed by atoms with van der Waals surface area (Å²) in [5.41, 5.74) is 3.81. The van der Waals surface area contributed by atoms with Crippen LogP contribution in [0.5, 0.6) is 0 Å². The first-order valence-corrected chi connectivity index (χ1v) is 21.9. The van der Waals surface area contributed by atoms with Gasteiger partial charge in [-0.3, -0.25) is 19.2 Å². The van der Waals surface area contributed by atoms with Crippen molar-refractivity contribution in [1.29, 1.82) is 0 Å². The van der Waals surface area contributed by atoms with Crippen LogP contribution in [0.15, 0.2) is 47.8 Å². The number of carbonyl (C=O) groups is 4. The number of nitrogens with one attached hydrogen (secondary N) is 2. The fourth-order valence-electron chi connectivity index (χ4n) is 15.4. The zero-order valence-corrected chi connectivity index (χ0v) is 35.3. The third-order valence-electron chi connectivity index (χ3n) is 19.0. The number of aromatic amines is 1. The minimum Gasteiger partial charge on any atom is -0.481 e. The van der Waals surface area contributed by atoms with Crippen molar-refractivity contribution in [1.82, 2.24) is 15.3 Å². The summed E-state index contributed by atoms with van der Waals surface area (Å²) in [5, 5.41) is 12.9. The Balaban J connectivity index is 0.970. The van der Waals surface area contributed by atoms with E-state index in [1.165, 1.54) is 5.57 Å². The molecule has 7 aliphatic rings. The van der Waals surface area contributed by atoms with E-state index in [1.54, 1.807) is 6.33 Å². The number of carboxylic acids is 1. The fraction of sp³-hybridized carbons (Fsp3) is 0.688. The average Bonchev–Trinajstić information content (AvgIpc) is 3.72. The van der Waals surface area contributed by atoms with Crippen LogP contribution in [0, 0.1) is 67.5 Å². The van der Waals surface area contributed by atoms with Crippen molar-refractivity contribution in [3.05, 3.63) is 53.4 Å². The first-order valence-electron chi connectivity index (χ1n) is 21.9. The van der Waals surface area contributed by atoms with Gasteiger partial charge in [0.1, 0.15) is 6.10 Å². The summed E-state index contributed by atoms with van der Waals surface area (Å²) in [5.74, 6) is -0.886. The molecule has 2 aromatic rings. The average molecular weight is 778 g/mol. The second-order valence-corrected chi connectivity index (χ2v) is 21.6. The van der Waals surface area contributed by atoms with Gasteiger partial charge >= 0.3 is 11.9 Å². The number of aliphatic carboxylic acids is 1. The molecule has 1 aromatic heterocycles. The van der Waals surface area contributed by atoms with E-state index in [4.69, 9.17) is 4.74 Å². The van der Waals surface area contributed by atoms with E-state index in [-0.39, 0.29) is 62.7 Å². The summed E-state index contributed by atoms with van der Waals surface area (Å²) in [6.07, 6.45) is 15.2. The number of allylic oxidation sites excluding steroid dienone is 3. The predicted octanol–water partition coefficient (Wildman–Crippen LogP) is 9.13. The lowest BCUT2D eigenvalue weighted by molar-refractivity contribution is -0.265. The molecular weight excluding hydrogens is 715 g/mol. The molecule has 1 amide bonds. The molecule has 5 saturated carbocycles. The van der Waals surface area contributed by atoms with Crippen LogP contribution < -0.4 is 5.32 Å². The second-order valence-electron chi connectivity index (χ2n) is 21.6. The van der Waals surface area contributed by atoms with E-state index in [1.807, 2.05) is 32.0 Å². The number of ether oxygens (including phenoxy) is 1. The van der Waals surface area contributed by atoms with Gasteiger partial charge in [0.2, 0.25) is 5.91 Å². The Bertz CT molecular complexity index is 2150. The molecule has 0 bridgehead atoms. The van der Waals surface area contributed by atoms with E-state index in [2.05, 4.69) is 69.0 Å². The number of carbonyl (C=O) groups excluding carboxylic acids is 3. The van der Waals surface area contributed by atoms with E-state index in [9.17, 15) is 24.3 Å². The quantitative estimate of drug-likeness (QED) is 0.180. The number of benzene rings is 1. The highest BCUT2D eigenvalue weighted by Crippen LogP contribution is 2.82. The molecule has 7 aliphatic carbocycles. The molecule has 9 heteroatoms.